The fraction of sp³-hybridized carbons (Fsp3) is 0.667. The average Bonchev–Trinajstić information content (AvgIpc) is 2.67. The van der Waals surface area contributed by atoms with Crippen LogP contribution >= 0.6 is 0 Å². The maximum absolute atomic E-state index is 14.1. The monoisotopic (exact) mass is 379 g/mol. The zero-order valence-corrected chi connectivity index (χ0v) is 17.1. The molecule has 1 heterocycles. The van der Waals surface area contributed by atoms with Crippen molar-refractivity contribution >= 4 is 5.96 Å². The molecular weight excluding hydrogens is 345 g/mol. The summed E-state index contributed by atoms with van der Waals surface area (Å²) < 4.78 is 25.1. The first kappa shape index (κ1) is 21.6. The number of methoxy groups -OCH3 is 1. The standard InChI is InChI=1S/C21H34FN3O2/c1-21(2,18-8-5-6-9-19(18)22)16-24-20(23-3)25-12-10-17(11-13-25)27-15-7-14-26-4/h5-6,8-9,17H,7,10-16H2,1-4H3,(H,23,24). The van der Waals surface area contributed by atoms with Gasteiger partial charge in [0.2, 0.25) is 0 Å². The highest BCUT2D eigenvalue weighted by molar-refractivity contribution is 5.80. The summed E-state index contributed by atoms with van der Waals surface area (Å²) in [6.07, 6.45) is 3.23. The Morgan fingerprint density at radius 1 is 1.26 bits per heavy atom. The minimum absolute atomic E-state index is 0.161. The van der Waals surface area contributed by atoms with Crippen molar-refractivity contribution in [2.24, 2.45) is 4.99 Å². The Kier molecular flexibility index (Phi) is 8.51. The van der Waals surface area contributed by atoms with E-state index < -0.39 is 0 Å². The number of hydrogen-bond donors (Lipinski definition) is 1. The summed E-state index contributed by atoms with van der Waals surface area (Å²) in [4.78, 5) is 6.68. The number of likely N-dealkylation sites (tertiary alicyclic amines) is 1. The van der Waals surface area contributed by atoms with Gasteiger partial charge >= 0.3 is 0 Å². The summed E-state index contributed by atoms with van der Waals surface area (Å²) in [5.41, 5.74) is 0.389. The minimum atomic E-state index is -0.329. The summed E-state index contributed by atoms with van der Waals surface area (Å²) in [6.45, 7) is 8.03. The van der Waals surface area contributed by atoms with Crippen LogP contribution in [0, 0.1) is 5.82 Å². The first-order valence-corrected chi connectivity index (χ1v) is 9.79. The van der Waals surface area contributed by atoms with E-state index >= 15 is 0 Å². The fourth-order valence-electron chi connectivity index (χ4n) is 3.43. The van der Waals surface area contributed by atoms with Crippen molar-refractivity contribution in [3.05, 3.63) is 35.6 Å². The molecule has 1 aromatic rings. The van der Waals surface area contributed by atoms with E-state index in [-0.39, 0.29) is 11.2 Å². The van der Waals surface area contributed by atoms with E-state index in [4.69, 9.17) is 9.47 Å². The second-order valence-electron chi connectivity index (χ2n) is 7.67. The van der Waals surface area contributed by atoms with Crippen molar-refractivity contribution in [3.63, 3.8) is 0 Å². The molecule has 0 spiro atoms. The van der Waals surface area contributed by atoms with Crippen LogP contribution in [0.1, 0.15) is 38.7 Å². The number of rotatable bonds is 8. The molecule has 0 bridgehead atoms. The predicted molar refractivity (Wildman–Crippen MR) is 108 cm³/mol. The summed E-state index contributed by atoms with van der Waals surface area (Å²) in [7, 11) is 3.51. The molecule has 1 aliphatic heterocycles. The Hall–Kier alpha value is -1.66. The molecule has 1 fully saturated rings. The highest BCUT2D eigenvalue weighted by Crippen LogP contribution is 2.25. The Morgan fingerprint density at radius 3 is 2.59 bits per heavy atom. The van der Waals surface area contributed by atoms with Crippen LogP contribution in [-0.2, 0) is 14.9 Å². The van der Waals surface area contributed by atoms with Gasteiger partial charge in [0.05, 0.1) is 6.10 Å². The quantitative estimate of drug-likeness (QED) is 0.428. The lowest BCUT2D eigenvalue weighted by Gasteiger charge is -2.35. The first-order chi connectivity index (χ1) is 13.0. The molecule has 0 aliphatic carbocycles. The van der Waals surface area contributed by atoms with Crippen molar-refractivity contribution in [3.8, 4) is 0 Å². The molecule has 152 valence electrons. The van der Waals surface area contributed by atoms with Crippen LogP contribution in [0.2, 0.25) is 0 Å². The lowest BCUT2D eigenvalue weighted by molar-refractivity contribution is 0.00987. The third-order valence-electron chi connectivity index (χ3n) is 5.09. The summed E-state index contributed by atoms with van der Waals surface area (Å²) in [6, 6.07) is 6.98. The Balaban J connectivity index is 1.82. The molecule has 5 nitrogen and oxygen atoms in total. The van der Waals surface area contributed by atoms with Crippen LogP contribution in [0.4, 0.5) is 4.39 Å². The van der Waals surface area contributed by atoms with E-state index in [0.717, 1.165) is 57.1 Å². The van der Waals surface area contributed by atoms with E-state index in [0.29, 0.717) is 12.6 Å². The molecular formula is C21H34FN3O2. The van der Waals surface area contributed by atoms with Crippen LogP contribution < -0.4 is 5.32 Å². The van der Waals surface area contributed by atoms with E-state index in [1.165, 1.54) is 6.07 Å². The van der Waals surface area contributed by atoms with E-state index in [9.17, 15) is 4.39 Å². The van der Waals surface area contributed by atoms with Gasteiger partial charge in [-0.05, 0) is 30.9 Å². The maximum atomic E-state index is 14.1. The molecule has 0 amide bonds. The molecule has 1 N–H and O–H groups in total. The molecule has 0 aromatic heterocycles. The number of nitrogens with zero attached hydrogens (tertiary/aromatic N) is 2. The van der Waals surface area contributed by atoms with Gasteiger partial charge in [-0.1, -0.05) is 32.0 Å². The second-order valence-corrected chi connectivity index (χ2v) is 7.67. The molecule has 27 heavy (non-hydrogen) atoms. The van der Waals surface area contributed by atoms with Crippen LogP contribution in [0.25, 0.3) is 0 Å². The van der Waals surface area contributed by atoms with Gasteiger partial charge in [-0.3, -0.25) is 4.99 Å². The van der Waals surface area contributed by atoms with Gasteiger partial charge in [-0.15, -0.1) is 0 Å². The summed E-state index contributed by atoms with van der Waals surface area (Å²) in [5.74, 6) is 0.711. The number of piperidine rings is 1. The topological polar surface area (TPSA) is 46.1 Å². The SMILES string of the molecule is CN=C(NCC(C)(C)c1ccccc1F)N1CCC(OCCCOC)CC1. The first-order valence-electron chi connectivity index (χ1n) is 9.79. The lowest BCUT2D eigenvalue weighted by Crippen LogP contribution is -2.49. The molecule has 0 atom stereocenters. The number of benzene rings is 1. The maximum Gasteiger partial charge on any atom is 0.193 e. The van der Waals surface area contributed by atoms with Gasteiger partial charge in [0.25, 0.3) is 0 Å². The van der Waals surface area contributed by atoms with Crippen molar-refractivity contribution in [2.75, 3.05) is 47.0 Å². The number of ether oxygens (including phenoxy) is 2. The molecule has 0 radical (unpaired) electrons. The van der Waals surface area contributed by atoms with E-state index in [1.54, 1.807) is 20.2 Å². The largest absolute Gasteiger partial charge is 0.385 e. The number of nitrogens with one attached hydrogen (secondary N) is 1. The van der Waals surface area contributed by atoms with Crippen LogP contribution in [-0.4, -0.2) is 64.0 Å². The second kappa shape index (κ2) is 10.6. The number of aliphatic imine (C=N–C) groups is 1. The van der Waals surface area contributed by atoms with Gasteiger partial charge in [-0.25, -0.2) is 4.39 Å². The van der Waals surface area contributed by atoms with E-state index in [1.807, 2.05) is 26.0 Å². The molecule has 1 saturated heterocycles. The van der Waals surface area contributed by atoms with E-state index in [2.05, 4.69) is 15.2 Å². The summed E-state index contributed by atoms with van der Waals surface area (Å²) >= 11 is 0. The van der Waals surface area contributed by atoms with Crippen molar-refractivity contribution in [1.82, 2.24) is 10.2 Å². The zero-order valence-electron chi connectivity index (χ0n) is 17.1. The predicted octanol–water partition coefficient (Wildman–Crippen LogP) is 3.20. The summed E-state index contributed by atoms with van der Waals surface area (Å²) in [5, 5.41) is 3.43. The van der Waals surface area contributed by atoms with Gasteiger partial charge in [0.1, 0.15) is 5.82 Å². The van der Waals surface area contributed by atoms with Crippen LogP contribution in [0.15, 0.2) is 29.3 Å². The molecule has 0 unspecified atom stereocenters. The highest BCUT2D eigenvalue weighted by Gasteiger charge is 2.26. The van der Waals surface area contributed by atoms with Gasteiger partial charge in [-0.2, -0.15) is 0 Å². The Labute approximate surface area is 162 Å². The third-order valence-corrected chi connectivity index (χ3v) is 5.09. The smallest absolute Gasteiger partial charge is 0.193 e. The number of hydrogen-bond acceptors (Lipinski definition) is 3. The fourth-order valence-corrected chi connectivity index (χ4v) is 3.43. The van der Waals surface area contributed by atoms with Crippen molar-refractivity contribution < 1.29 is 13.9 Å². The molecule has 1 aliphatic rings. The van der Waals surface area contributed by atoms with Crippen molar-refractivity contribution in [1.29, 1.82) is 0 Å². The average molecular weight is 380 g/mol. The molecule has 0 saturated carbocycles. The zero-order chi connectivity index (χ0) is 19.7. The van der Waals surface area contributed by atoms with Gasteiger partial charge < -0.3 is 19.7 Å². The Morgan fingerprint density at radius 2 is 1.96 bits per heavy atom. The third kappa shape index (κ3) is 6.47. The van der Waals surface area contributed by atoms with Crippen LogP contribution in [0.5, 0.6) is 0 Å². The Bertz CT molecular complexity index is 599. The van der Waals surface area contributed by atoms with Gasteiger partial charge in [0, 0.05) is 52.4 Å². The molecule has 6 heteroatoms. The number of guanidine groups is 1. The number of halogens is 1. The van der Waals surface area contributed by atoms with Gasteiger partial charge in [0.15, 0.2) is 5.96 Å². The normalized spacial score (nSPS) is 16.6. The minimum Gasteiger partial charge on any atom is -0.385 e. The van der Waals surface area contributed by atoms with Crippen molar-refractivity contribution in [2.45, 2.75) is 44.6 Å². The lowest BCUT2D eigenvalue weighted by atomic mass is 9.84. The van der Waals surface area contributed by atoms with Crippen LogP contribution in [0.3, 0.4) is 0 Å². The highest BCUT2D eigenvalue weighted by atomic mass is 19.1. The molecule has 1 aromatic carbocycles. The molecule has 2 rings (SSSR count).